The van der Waals surface area contributed by atoms with Crippen LogP contribution in [0.1, 0.15) is 35.6 Å². The Hall–Kier alpha value is -3.28. The van der Waals surface area contributed by atoms with Crippen LogP contribution in [0.4, 0.5) is 4.39 Å². The van der Waals surface area contributed by atoms with Crippen LogP contribution in [0.15, 0.2) is 59.5 Å². The van der Waals surface area contributed by atoms with Gasteiger partial charge < -0.3 is 0 Å². The zero-order valence-electron chi connectivity index (χ0n) is 15.5. The molecule has 0 radical (unpaired) electrons. The lowest BCUT2D eigenvalue weighted by Gasteiger charge is -2.11. The molecule has 140 valence electrons. The number of benzene rings is 2. The number of hydrogen-bond acceptors (Lipinski definition) is 3. The third-order valence-electron chi connectivity index (χ3n) is 5.30. The average Bonchev–Trinajstić information content (AvgIpc) is 3.44. The van der Waals surface area contributed by atoms with Crippen LogP contribution < -0.4 is 5.56 Å². The largest absolute Gasteiger partial charge is 0.293 e. The Morgan fingerprint density at radius 2 is 1.86 bits per heavy atom. The van der Waals surface area contributed by atoms with Gasteiger partial charge in [0.1, 0.15) is 11.3 Å². The summed E-state index contributed by atoms with van der Waals surface area (Å²) in [7, 11) is 0. The molecule has 2 heterocycles. The van der Waals surface area contributed by atoms with Crippen LogP contribution in [0.2, 0.25) is 0 Å². The standard InChI is InChI=1S/C22H19FN4O/c1-14-6-2-5-9-19(14)27-21-17(12-24-27)20(15-10-11-15)25-26(22(21)28)13-16-7-3-4-8-18(16)23/h2-9,12,15H,10-11,13H2,1H3. The first-order valence-electron chi connectivity index (χ1n) is 9.41. The van der Waals surface area contributed by atoms with Crippen molar-refractivity contribution >= 4 is 10.9 Å². The highest BCUT2D eigenvalue weighted by molar-refractivity contribution is 5.82. The zero-order valence-corrected chi connectivity index (χ0v) is 15.5. The first-order chi connectivity index (χ1) is 13.6. The first kappa shape index (κ1) is 16.9. The minimum atomic E-state index is -0.336. The maximum atomic E-state index is 14.2. The summed E-state index contributed by atoms with van der Waals surface area (Å²) < 4.78 is 17.2. The second-order valence-corrected chi connectivity index (χ2v) is 7.32. The van der Waals surface area contributed by atoms with Crippen LogP contribution in [0.5, 0.6) is 0 Å². The summed E-state index contributed by atoms with van der Waals surface area (Å²) in [5.74, 6) is 0.00108. The molecule has 1 fully saturated rings. The SMILES string of the molecule is Cc1ccccc1-n1ncc2c(C3CC3)nn(Cc3ccccc3F)c(=O)c21. The van der Waals surface area contributed by atoms with Crippen LogP contribution in [-0.4, -0.2) is 19.6 Å². The molecule has 1 aliphatic carbocycles. The van der Waals surface area contributed by atoms with Gasteiger partial charge in [0.25, 0.3) is 5.56 Å². The van der Waals surface area contributed by atoms with Crippen molar-refractivity contribution in [3.63, 3.8) is 0 Å². The van der Waals surface area contributed by atoms with Gasteiger partial charge in [-0.15, -0.1) is 0 Å². The number of rotatable bonds is 4. The van der Waals surface area contributed by atoms with Crippen LogP contribution in [-0.2, 0) is 6.54 Å². The van der Waals surface area contributed by atoms with E-state index >= 15 is 0 Å². The number of nitrogens with zero attached hydrogens (tertiary/aromatic N) is 4. The van der Waals surface area contributed by atoms with Gasteiger partial charge >= 0.3 is 0 Å². The summed E-state index contributed by atoms with van der Waals surface area (Å²) in [4.78, 5) is 13.3. The van der Waals surface area contributed by atoms with Gasteiger partial charge in [-0.05, 0) is 37.5 Å². The van der Waals surface area contributed by atoms with Crippen molar-refractivity contribution in [2.45, 2.75) is 32.2 Å². The van der Waals surface area contributed by atoms with E-state index < -0.39 is 0 Å². The number of hydrogen-bond donors (Lipinski definition) is 0. The molecule has 0 atom stereocenters. The summed E-state index contributed by atoms with van der Waals surface area (Å²) in [5.41, 5.74) is 3.45. The van der Waals surface area contributed by atoms with Crippen LogP contribution in [0.25, 0.3) is 16.6 Å². The van der Waals surface area contributed by atoms with E-state index in [9.17, 15) is 9.18 Å². The van der Waals surface area contributed by atoms with Gasteiger partial charge in [0.15, 0.2) is 0 Å². The Morgan fingerprint density at radius 3 is 2.61 bits per heavy atom. The number of aromatic nitrogens is 4. The Labute approximate surface area is 161 Å². The minimum absolute atomic E-state index is 0.0973. The molecular weight excluding hydrogens is 355 g/mol. The van der Waals surface area contributed by atoms with E-state index in [1.54, 1.807) is 29.1 Å². The van der Waals surface area contributed by atoms with Crippen LogP contribution in [0.3, 0.4) is 0 Å². The quantitative estimate of drug-likeness (QED) is 0.543. The predicted molar refractivity (Wildman–Crippen MR) is 105 cm³/mol. The average molecular weight is 374 g/mol. The number of halogens is 1. The molecule has 0 unspecified atom stereocenters. The van der Waals surface area contributed by atoms with E-state index in [0.29, 0.717) is 17.0 Å². The molecule has 6 heteroatoms. The molecule has 0 bridgehead atoms. The predicted octanol–water partition coefficient (Wildman–Crippen LogP) is 3.96. The molecule has 0 amide bonds. The minimum Gasteiger partial charge on any atom is -0.265 e. The normalized spacial score (nSPS) is 13.9. The molecule has 2 aromatic heterocycles. The molecule has 4 aromatic rings. The molecule has 5 rings (SSSR count). The van der Waals surface area contributed by atoms with Crippen molar-refractivity contribution in [2.24, 2.45) is 0 Å². The number of aryl methyl sites for hydroxylation is 1. The Morgan fingerprint density at radius 1 is 1.11 bits per heavy atom. The Balaban J connectivity index is 1.75. The van der Waals surface area contributed by atoms with Gasteiger partial charge in [-0.2, -0.15) is 10.2 Å². The second-order valence-electron chi connectivity index (χ2n) is 7.32. The topological polar surface area (TPSA) is 52.7 Å². The van der Waals surface area contributed by atoms with Crippen molar-refractivity contribution in [3.8, 4) is 5.69 Å². The van der Waals surface area contributed by atoms with E-state index in [2.05, 4.69) is 10.2 Å². The maximum absolute atomic E-state index is 14.2. The molecule has 1 aliphatic rings. The highest BCUT2D eigenvalue weighted by Gasteiger charge is 2.30. The lowest BCUT2D eigenvalue weighted by Crippen LogP contribution is -2.27. The summed E-state index contributed by atoms with van der Waals surface area (Å²) >= 11 is 0. The lowest BCUT2D eigenvalue weighted by molar-refractivity contribution is 0.568. The summed E-state index contributed by atoms with van der Waals surface area (Å²) in [6.07, 6.45) is 3.84. The third kappa shape index (κ3) is 2.72. The maximum Gasteiger partial charge on any atom is 0.293 e. The molecular formula is C22H19FN4O. The summed E-state index contributed by atoms with van der Waals surface area (Å²) in [5, 5.41) is 9.92. The van der Waals surface area contributed by atoms with E-state index in [1.165, 1.54) is 10.7 Å². The molecule has 28 heavy (non-hydrogen) atoms. The molecule has 0 saturated heterocycles. The fourth-order valence-electron chi connectivity index (χ4n) is 3.63. The molecule has 0 aliphatic heterocycles. The number of fused-ring (bicyclic) bond motifs is 1. The van der Waals surface area contributed by atoms with E-state index in [0.717, 1.165) is 35.2 Å². The van der Waals surface area contributed by atoms with Gasteiger partial charge in [0.2, 0.25) is 0 Å². The fourth-order valence-corrected chi connectivity index (χ4v) is 3.63. The monoisotopic (exact) mass is 374 g/mol. The van der Waals surface area contributed by atoms with Gasteiger partial charge in [-0.1, -0.05) is 36.4 Å². The van der Waals surface area contributed by atoms with E-state index in [-0.39, 0.29) is 17.9 Å². The number of para-hydroxylation sites is 1. The fraction of sp³-hybridized carbons (Fsp3) is 0.227. The molecule has 2 aromatic carbocycles. The van der Waals surface area contributed by atoms with Crippen LogP contribution in [0, 0.1) is 12.7 Å². The molecule has 0 N–H and O–H groups in total. The van der Waals surface area contributed by atoms with Crippen molar-refractivity contribution in [2.75, 3.05) is 0 Å². The van der Waals surface area contributed by atoms with E-state index in [1.807, 2.05) is 31.2 Å². The lowest BCUT2D eigenvalue weighted by atomic mass is 10.1. The van der Waals surface area contributed by atoms with Crippen LogP contribution >= 0.6 is 0 Å². The Kier molecular flexibility index (Phi) is 3.86. The van der Waals surface area contributed by atoms with Gasteiger partial charge in [0, 0.05) is 16.9 Å². The van der Waals surface area contributed by atoms with Crippen molar-refractivity contribution in [3.05, 3.63) is 87.7 Å². The highest BCUT2D eigenvalue weighted by atomic mass is 19.1. The highest BCUT2D eigenvalue weighted by Crippen LogP contribution is 2.41. The first-order valence-corrected chi connectivity index (χ1v) is 9.41. The van der Waals surface area contributed by atoms with Gasteiger partial charge in [0.05, 0.1) is 24.1 Å². The van der Waals surface area contributed by atoms with Gasteiger partial charge in [-0.25, -0.2) is 13.8 Å². The van der Waals surface area contributed by atoms with Crippen molar-refractivity contribution in [1.82, 2.24) is 19.6 Å². The summed E-state index contributed by atoms with van der Waals surface area (Å²) in [6.45, 7) is 2.09. The van der Waals surface area contributed by atoms with Crippen molar-refractivity contribution in [1.29, 1.82) is 0 Å². The molecule has 0 spiro atoms. The second kappa shape index (κ2) is 6.41. The molecule has 5 nitrogen and oxygen atoms in total. The van der Waals surface area contributed by atoms with Crippen molar-refractivity contribution < 1.29 is 4.39 Å². The van der Waals surface area contributed by atoms with E-state index in [4.69, 9.17) is 0 Å². The smallest absolute Gasteiger partial charge is 0.265 e. The Bertz CT molecular complexity index is 1250. The zero-order chi connectivity index (χ0) is 19.3. The molecule has 1 saturated carbocycles. The van der Waals surface area contributed by atoms with Gasteiger partial charge in [-0.3, -0.25) is 4.79 Å². The third-order valence-corrected chi connectivity index (χ3v) is 5.30. The summed E-state index contributed by atoms with van der Waals surface area (Å²) in [6, 6.07) is 14.3.